The quantitative estimate of drug-likeness (QED) is 0.771. The van der Waals surface area contributed by atoms with Gasteiger partial charge in [-0.05, 0) is 46.5 Å². The Balaban J connectivity index is 1.86. The fourth-order valence-electron chi connectivity index (χ4n) is 2.25. The minimum atomic E-state index is -0.338. The van der Waals surface area contributed by atoms with Crippen molar-refractivity contribution in [2.45, 2.75) is 26.0 Å². The first-order valence-electron chi connectivity index (χ1n) is 7.11. The summed E-state index contributed by atoms with van der Waals surface area (Å²) in [5, 5.41) is 18.5. The maximum Gasteiger partial charge on any atom is 0.0923 e. The van der Waals surface area contributed by atoms with Crippen molar-refractivity contribution in [1.82, 2.24) is 9.78 Å². The number of hydrogen-bond donors (Lipinski definition) is 1. The summed E-state index contributed by atoms with van der Waals surface area (Å²) in [5.74, 6) is 0. The molecule has 0 unspecified atom stereocenters. The van der Waals surface area contributed by atoms with E-state index in [4.69, 9.17) is 0 Å². The summed E-state index contributed by atoms with van der Waals surface area (Å²) in [6.45, 7) is 2.51. The predicted molar refractivity (Wildman–Crippen MR) is 87.3 cm³/mol. The summed E-state index contributed by atoms with van der Waals surface area (Å²) in [5.41, 5.74) is 4.48. The van der Waals surface area contributed by atoms with Crippen LogP contribution in [0, 0.1) is 0 Å². The van der Waals surface area contributed by atoms with E-state index in [1.54, 1.807) is 16.0 Å². The molecule has 1 atom stereocenters. The molecule has 3 nitrogen and oxygen atoms in total. The van der Waals surface area contributed by atoms with Gasteiger partial charge in [-0.1, -0.05) is 25.1 Å². The van der Waals surface area contributed by atoms with Crippen LogP contribution in [0.25, 0.3) is 22.4 Å². The summed E-state index contributed by atoms with van der Waals surface area (Å²) in [6, 6.07) is 12.5. The molecule has 4 heteroatoms. The molecule has 0 aliphatic carbocycles. The van der Waals surface area contributed by atoms with Crippen LogP contribution in [0.5, 0.6) is 0 Å². The van der Waals surface area contributed by atoms with Crippen LogP contribution in [0.2, 0.25) is 0 Å². The summed E-state index contributed by atoms with van der Waals surface area (Å²) in [6.07, 6.45) is 2.32. The average Bonchev–Trinajstić information content (AvgIpc) is 3.19. The van der Waals surface area contributed by atoms with Crippen molar-refractivity contribution in [2.24, 2.45) is 0 Å². The van der Waals surface area contributed by atoms with Crippen LogP contribution >= 0.6 is 11.3 Å². The number of aliphatic hydroxyl groups is 1. The number of hydrogen-bond acceptors (Lipinski definition) is 3. The summed E-state index contributed by atoms with van der Waals surface area (Å²) < 4.78 is 1.81. The Hall–Kier alpha value is -1.91. The highest BCUT2D eigenvalue weighted by atomic mass is 32.1. The largest absolute Gasteiger partial charge is 0.391 e. The van der Waals surface area contributed by atoms with E-state index in [0.717, 1.165) is 17.7 Å². The number of benzene rings is 1. The standard InChI is InChI=1S/C17H18N2OS/c1-2-16(20)11-19-8-6-17(18-19)14-5-3-4-13(10-14)15-7-9-21-12-15/h3-10,12,16,20H,2,11H2,1H3/t16-/m0/s1. The van der Waals surface area contributed by atoms with E-state index in [2.05, 4.69) is 46.2 Å². The van der Waals surface area contributed by atoms with Crippen molar-refractivity contribution in [3.05, 3.63) is 53.4 Å². The Morgan fingerprint density at radius 3 is 2.81 bits per heavy atom. The van der Waals surface area contributed by atoms with E-state index in [1.165, 1.54) is 11.1 Å². The molecule has 108 valence electrons. The monoisotopic (exact) mass is 298 g/mol. The molecule has 0 saturated heterocycles. The van der Waals surface area contributed by atoms with E-state index < -0.39 is 0 Å². The normalized spacial score (nSPS) is 12.5. The molecule has 3 aromatic rings. The molecule has 0 saturated carbocycles. The van der Waals surface area contributed by atoms with Crippen molar-refractivity contribution in [1.29, 1.82) is 0 Å². The van der Waals surface area contributed by atoms with E-state index in [1.807, 2.05) is 19.2 Å². The van der Waals surface area contributed by atoms with E-state index in [9.17, 15) is 5.11 Å². The molecule has 2 heterocycles. The lowest BCUT2D eigenvalue weighted by Gasteiger charge is -2.07. The van der Waals surface area contributed by atoms with Gasteiger partial charge in [0.2, 0.25) is 0 Å². The van der Waals surface area contributed by atoms with Gasteiger partial charge in [-0.25, -0.2) is 0 Å². The third-order valence-corrected chi connectivity index (χ3v) is 4.21. The molecular weight excluding hydrogens is 280 g/mol. The average molecular weight is 298 g/mol. The first-order chi connectivity index (χ1) is 10.3. The van der Waals surface area contributed by atoms with Crippen LogP contribution in [0.3, 0.4) is 0 Å². The molecule has 1 aromatic carbocycles. The van der Waals surface area contributed by atoms with Crippen LogP contribution < -0.4 is 0 Å². The summed E-state index contributed by atoms with van der Waals surface area (Å²) in [4.78, 5) is 0. The maximum atomic E-state index is 9.70. The molecule has 0 bridgehead atoms. The Kier molecular flexibility index (Phi) is 4.18. The number of nitrogens with zero attached hydrogens (tertiary/aromatic N) is 2. The SMILES string of the molecule is CC[C@H](O)Cn1ccc(-c2cccc(-c3ccsc3)c2)n1. The van der Waals surface area contributed by atoms with Crippen LogP contribution in [-0.4, -0.2) is 21.0 Å². The molecule has 1 N–H and O–H groups in total. The van der Waals surface area contributed by atoms with Crippen LogP contribution in [-0.2, 0) is 6.54 Å². The van der Waals surface area contributed by atoms with Gasteiger partial charge in [-0.2, -0.15) is 16.4 Å². The molecule has 21 heavy (non-hydrogen) atoms. The van der Waals surface area contributed by atoms with Gasteiger partial charge in [0, 0.05) is 11.8 Å². The summed E-state index contributed by atoms with van der Waals surface area (Å²) >= 11 is 1.70. The predicted octanol–water partition coefficient (Wildman–Crippen LogP) is 4.05. The van der Waals surface area contributed by atoms with Crippen molar-refractivity contribution in [2.75, 3.05) is 0 Å². The second kappa shape index (κ2) is 6.24. The van der Waals surface area contributed by atoms with Crippen LogP contribution in [0.1, 0.15) is 13.3 Å². The van der Waals surface area contributed by atoms with Crippen LogP contribution in [0.15, 0.2) is 53.4 Å². The summed E-state index contributed by atoms with van der Waals surface area (Å²) in [7, 11) is 0. The van der Waals surface area contributed by atoms with Gasteiger partial charge < -0.3 is 5.11 Å². The number of rotatable bonds is 5. The molecule has 2 aromatic heterocycles. The minimum absolute atomic E-state index is 0.338. The van der Waals surface area contributed by atoms with Crippen LogP contribution in [0.4, 0.5) is 0 Å². The van der Waals surface area contributed by atoms with Gasteiger partial charge in [0.05, 0.1) is 18.3 Å². The number of aromatic nitrogens is 2. The number of thiophene rings is 1. The van der Waals surface area contributed by atoms with Gasteiger partial charge in [-0.15, -0.1) is 0 Å². The zero-order valence-electron chi connectivity index (χ0n) is 11.9. The molecule has 3 rings (SSSR count). The van der Waals surface area contributed by atoms with Crippen molar-refractivity contribution < 1.29 is 5.11 Å². The zero-order valence-corrected chi connectivity index (χ0v) is 12.8. The second-order valence-electron chi connectivity index (χ2n) is 5.08. The molecule has 0 aliphatic rings. The van der Waals surface area contributed by atoms with Gasteiger partial charge in [0.25, 0.3) is 0 Å². The Bertz CT molecular complexity index is 703. The van der Waals surface area contributed by atoms with Gasteiger partial charge in [0.1, 0.15) is 0 Å². The van der Waals surface area contributed by atoms with E-state index in [-0.39, 0.29) is 6.10 Å². The third kappa shape index (κ3) is 3.23. The highest BCUT2D eigenvalue weighted by Crippen LogP contribution is 2.26. The van der Waals surface area contributed by atoms with E-state index >= 15 is 0 Å². The molecule has 0 aliphatic heterocycles. The van der Waals surface area contributed by atoms with Gasteiger partial charge in [0.15, 0.2) is 0 Å². The highest BCUT2D eigenvalue weighted by molar-refractivity contribution is 7.08. The molecule has 0 spiro atoms. The highest BCUT2D eigenvalue weighted by Gasteiger charge is 2.07. The van der Waals surface area contributed by atoms with Crippen molar-refractivity contribution >= 4 is 11.3 Å². The smallest absolute Gasteiger partial charge is 0.0923 e. The fourth-order valence-corrected chi connectivity index (χ4v) is 2.91. The Morgan fingerprint density at radius 1 is 1.19 bits per heavy atom. The topological polar surface area (TPSA) is 38.0 Å². The molecular formula is C17H18N2OS. The van der Waals surface area contributed by atoms with Gasteiger partial charge in [-0.3, -0.25) is 4.68 Å². The lowest BCUT2D eigenvalue weighted by molar-refractivity contribution is 0.145. The lowest BCUT2D eigenvalue weighted by atomic mass is 10.0. The first-order valence-corrected chi connectivity index (χ1v) is 8.05. The Labute approximate surface area is 128 Å². The molecule has 0 fully saturated rings. The minimum Gasteiger partial charge on any atom is -0.391 e. The zero-order chi connectivity index (χ0) is 14.7. The molecule has 0 amide bonds. The first kappa shape index (κ1) is 14.0. The molecule has 0 radical (unpaired) electrons. The van der Waals surface area contributed by atoms with Crippen molar-refractivity contribution in [3.63, 3.8) is 0 Å². The fraction of sp³-hybridized carbons (Fsp3) is 0.235. The number of aliphatic hydroxyl groups excluding tert-OH is 1. The Morgan fingerprint density at radius 2 is 2.05 bits per heavy atom. The van der Waals surface area contributed by atoms with Crippen molar-refractivity contribution in [3.8, 4) is 22.4 Å². The third-order valence-electron chi connectivity index (χ3n) is 3.52. The maximum absolute atomic E-state index is 9.70. The second-order valence-corrected chi connectivity index (χ2v) is 5.86. The lowest BCUT2D eigenvalue weighted by Crippen LogP contribution is -2.14. The van der Waals surface area contributed by atoms with Gasteiger partial charge >= 0.3 is 0 Å². The van der Waals surface area contributed by atoms with E-state index in [0.29, 0.717) is 6.54 Å².